The van der Waals surface area contributed by atoms with Crippen molar-refractivity contribution < 1.29 is 4.74 Å². The van der Waals surface area contributed by atoms with E-state index >= 15 is 0 Å². The monoisotopic (exact) mass is 261 g/mol. The quantitative estimate of drug-likeness (QED) is 0.818. The average molecular weight is 261 g/mol. The van der Waals surface area contributed by atoms with E-state index in [2.05, 4.69) is 31.1 Å². The second-order valence-corrected chi connectivity index (χ2v) is 5.34. The fourth-order valence-electron chi connectivity index (χ4n) is 2.04. The molecule has 1 aromatic carbocycles. The standard InChI is InChI=1S/C15H23N3O/c1-4-13-15(17-8-7-10(2)3)18-12-9-11(16)5-6-14(12)19-13/h5-6,9-10,13H,4,7-8,16H2,1-3H3,(H,17,18). The number of nitrogens with two attached hydrogens (primary N) is 1. The van der Waals surface area contributed by atoms with Gasteiger partial charge in [-0.1, -0.05) is 20.8 Å². The van der Waals surface area contributed by atoms with Crippen LogP contribution in [0.1, 0.15) is 33.6 Å². The Labute approximate surface area is 115 Å². The molecule has 1 atom stereocenters. The first-order chi connectivity index (χ1) is 9.10. The van der Waals surface area contributed by atoms with Crippen LogP contribution in [0.3, 0.4) is 0 Å². The summed E-state index contributed by atoms with van der Waals surface area (Å²) in [6.45, 7) is 7.35. The molecule has 3 N–H and O–H groups in total. The molecule has 0 fully saturated rings. The highest BCUT2D eigenvalue weighted by Gasteiger charge is 2.24. The molecule has 1 aliphatic rings. The van der Waals surface area contributed by atoms with Gasteiger partial charge in [-0.2, -0.15) is 0 Å². The number of hydrogen-bond acceptors (Lipinski definition) is 3. The summed E-state index contributed by atoms with van der Waals surface area (Å²) in [5.74, 6) is 2.43. The van der Waals surface area contributed by atoms with E-state index in [1.54, 1.807) is 0 Å². The van der Waals surface area contributed by atoms with Crippen molar-refractivity contribution in [2.24, 2.45) is 10.9 Å². The zero-order chi connectivity index (χ0) is 13.8. The van der Waals surface area contributed by atoms with Gasteiger partial charge in [0, 0.05) is 12.2 Å². The number of ether oxygens (including phenoxy) is 1. The number of anilines is 2. The van der Waals surface area contributed by atoms with Crippen molar-refractivity contribution in [2.75, 3.05) is 17.6 Å². The molecule has 1 aromatic rings. The fourth-order valence-corrected chi connectivity index (χ4v) is 2.04. The van der Waals surface area contributed by atoms with E-state index in [-0.39, 0.29) is 6.10 Å². The van der Waals surface area contributed by atoms with Gasteiger partial charge in [-0.25, -0.2) is 0 Å². The van der Waals surface area contributed by atoms with Gasteiger partial charge in [-0.05, 0) is 37.0 Å². The number of aliphatic imine (C=N–C) groups is 1. The van der Waals surface area contributed by atoms with Crippen LogP contribution in [0.4, 0.5) is 11.4 Å². The molecular formula is C15H23N3O. The van der Waals surface area contributed by atoms with Crippen LogP contribution in [0.2, 0.25) is 0 Å². The summed E-state index contributed by atoms with van der Waals surface area (Å²) in [5, 5.41) is 3.36. The number of hydrogen-bond donors (Lipinski definition) is 2. The lowest BCUT2D eigenvalue weighted by atomic mass is 10.1. The van der Waals surface area contributed by atoms with Crippen molar-refractivity contribution >= 4 is 17.2 Å². The predicted molar refractivity (Wildman–Crippen MR) is 80.9 cm³/mol. The lowest BCUT2D eigenvalue weighted by Crippen LogP contribution is -2.37. The maximum atomic E-state index is 5.96. The second kappa shape index (κ2) is 5.95. The molecule has 0 aliphatic carbocycles. The van der Waals surface area contributed by atoms with Crippen LogP contribution in [0.5, 0.6) is 5.75 Å². The molecule has 0 spiro atoms. The van der Waals surface area contributed by atoms with E-state index in [9.17, 15) is 0 Å². The minimum absolute atomic E-state index is 0.0169. The third-order valence-electron chi connectivity index (χ3n) is 3.20. The summed E-state index contributed by atoms with van der Waals surface area (Å²) < 4.78 is 5.96. The zero-order valence-corrected chi connectivity index (χ0v) is 11.9. The topological polar surface area (TPSA) is 59.6 Å². The van der Waals surface area contributed by atoms with Gasteiger partial charge < -0.3 is 15.8 Å². The Balaban J connectivity index is 2.16. The highest BCUT2D eigenvalue weighted by molar-refractivity contribution is 6.02. The van der Waals surface area contributed by atoms with Crippen LogP contribution in [-0.2, 0) is 0 Å². The Morgan fingerprint density at radius 3 is 2.89 bits per heavy atom. The van der Waals surface area contributed by atoms with Crippen LogP contribution < -0.4 is 15.8 Å². The summed E-state index contributed by atoms with van der Waals surface area (Å²) in [7, 11) is 0. The normalized spacial score (nSPS) is 20.0. The number of nitrogen functional groups attached to an aromatic ring is 1. The molecule has 1 aliphatic heterocycles. The van der Waals surface area contributed by atoms with E-state index < -0.39 is 0 Å². The number of fused-ring (bicyclic) bond motifs is 1. The molecule has 0 saturated heterocycles. The smallest absolute Gasteiger partial charge is 0.155 e. The van der Waals surface area contributed by atoms with Gasteiger partial charge in [0.2, 0.25) is 0 Å². The first-order valence-electron chi connectivity index (χ1n) is 6.97. The summed E-state index contributed by atoms with van der Waals surface area (Å²) in [4.78, 5) is 4.64. The molecule has 0 radical (unpaired) electrons. The molecule has 0 amide bonds. The molecule has 0 saturated carbocycles. The van der Waals surface area contributed by atoms with Gasteiger partial charge >= 0.3 is 0 Å². The lowest BCUT2D eigenvalue weighted by molar-refractivity contribution is 0.258. The first kappa shape index (κ1) is 13.7. The summed E-state index contributed by atoms with van der Waals surface area (Å²) in [5.41, 5.74) is 7.44. The van der Waals surface area contributed by atoms with Gasteiger partial charge in [0.15, 0.2) is 6.10 Å². The highest BCUT2D eigenvalue weighted by atomic mass is 16.5. The van der Waals surface area contributed by atoms with Gasteiger partial charge in [0.05, 0.1) is 5.69 Å². The van der Waals surface area contributed by atoms with Crippen LogP contribution in [0.25, 0.3) is 0 Å². The molecule has 1 unspecified atom stereocenters. The Hall–Kier alpha value is -1.71. The molecule has 19 heavy (non-hydrogen) atoms. The largest absolute Gasteiger partial charge is 0.480 e. The molecule has 0 aromatic heterocycles. The van der Waals surface area contributed by atoms with Crippen molar-refractivity contribution in [2.45, 2.75) is 39.7 Å². The summed E-state index contributed by atoms with van der Waals surface area (Å²) >= 11 is 0. The summed E-state index contributed by atoms with van der Waals surface area (Å²) in [6, 6.07) is 5.65. The van der Waals surface area contributed by atoms with E-state index in [1.165, 1.54) is 0 Å². The van der Waals surface area contributed by atoms with Gasteiger partial charge in [0.25, 0.3) is 0 Å². The van der Waals surface area contributed by atoms with E-state index in [0.717, 1.165) is 42.3 Å². The maximum absolute atomic E-state index is 5.96. The summed E-state index contributed by atoms with van der Waals surface area (Å²) in [6.07, 6.45) is 2.01. The maximum Gasteiger partial charge on any atom is 0.155 e. The van der Waals surface area contributed by atoms with Gasteiger partial charge in [-0.3, -0.25) is 4.99 Å². The minimum Gasteiger partial charge on any atom is -0.480 e. The minimum atomic E-state index is 0.0169. The Bertz CT molecular complexity index is 468. The number of nitrogens with one attached hydrogen (secondary N) is 1. The first-order valence-corrected chi connectivity index (χ1v) is 6.97. The fraction of sp³-hybridized carbons (Fsp3) is 0.533. The van der Waals surface area contributed by atoms with Gasteiger partial charge in [0.1, 0.15) is 11.6 Å². The van der Waals surface area contributed by atoms with E-state index in [0.29, 0.717) is 5.92 Å². The van der Waals surface area contributed by atoms with Crippen molar-refractivity contribution in [3.8, 4) is 5.75 Å². The Morgan fingerprint density at radius 1 is 1.42 bits per heavy atom. The number of amidine groups is 1. The van der Waals surface area contributed by atoms with Crippen molar-refractivity contribution in [1.82, 2.24) is 0 Å². The van der Waals surface area contributed by atoms with Crippen molar-refractivity contribution in [3.63, 3.8) is 0 Å². The predicted octanol–water partition coefficient (Wildman–Crippen LogP) is 3.30. The second-order valence-electron chi connectivity index (χ2n) is 5.34. The number of nitrogens with zero attached hydrogens (tertiary/aromatic N) is 1. The van der Waals surface area contributed by atoms with E-state index in [4.69, 9.17) is 10.5 Å². The third kappa shape index (κ3) is 3.40. The van der Waals surface area contributed by atoms with Crippen LogP contribution in [0, 0.1) is 5.92 Å². The molecule has 104 valence electrons. The molecule has 4 heteroatoms. The Kier molecular flexibility index (Phi) is 4.30. The lowest BCUT2D eigenvalue weighted by Gasteiger charge is -2.28. The molecular weight excluding hydrogens is 238 g/mol. The van der Waals surface area contributed by atoms with Crippen LogP contribution in [0.15, 0.2) is 23.2 Å². The number of rotatable bonds is 4. The zero-order valence-electron chi connectivity index (χ0n) is 11.9. The third-order valence-corrected chi connectivity index (χ3v) is 3.20. The molecule has 4 nitrogen and oxygen atoms in total. The van der Waals surface area contributed by atoms with Crippen molar-refractivity contribution in [1.29, 1.82) is 0 Å². The van der Waals surface area contributed by atoms with Crippen LogP contribution in [-0.4, -0.2) is 18.5 Å². The number of benzene rings is 1. The van der Waals surface area contributed by atoms with Crippen molar-refractivity contribution in [3.05, 3.63) is 18.2 Å². The molecule has 2 rings (SSSR count). The van der Waals surface area contributed by atoms with Crippen LogP contribution >= 0.6 is 0 Å². The van der Waals surface area contributed by atoms with Gasteiger partial charge in [-0.15, -0.1) is 0 Å². The molecule has 1 heterocycles. The van der Waals surface area contributed by atoms with E-state index in [1.807, 2.05) is 18.2 Å². The average Bonchev–Trinajstić information content (AvgIpc) is 2.37. The Morgan fingerprint density at radius 2 is 2.21 bits per heavy atom. The highest BCUT2D eigenvalue weighted by Crippen LogP contribution is 2.32. The molecule has 0 bridgehead atoms. The SMILES string of the molecule is CCC1Oc2ccc(N)cc2NC1=NCCC(C)C.